The molecule has 1 rings (SSSR count). The molecule has 2 N–H and O–H groups in total. The quantitative estimate of drug-likeness (QED) is 0.873. The molecule has 6 heteroatoms. The van der Waals surface area contributed by atoms with Gasteiger partial charge in [-0.3, -0.25) is 0 Å². The highest BCUT2D eigenvalue weighted by atomic mass is 79.9. The highest BCUT2D eigenvalue weighted by Crippen LogP contribution is 2.21. The van der Waals surface area contributed by atoms with E-state index < -0.39 is 0 Å². The van der Waals surface area contributed by atoms with Gasteiger partial charge in [-0.25, -0.2) is 0 Å². The first kappa shape index (κ1) is 10.9. The van der Waals surface area contributed by atoms with Gasteiger partial charge in [0.15, 0.2) is 3.92 Å². The fourth-order valence-corrected chi connectivity index (χ4v) is 2.17. The van der Waals surface area contributed by atoms with Gasteiger partial charge in [-0.2, -0.15) is 0 Å². The van der Waals surface area contributed by atoms with Gasteiger partial charge in [-0.15, -0.1) is 10.2 Å². The van der Waals surface area contributed by atoms with E-state index in [0.29, 0.717) is 6.42 Å². The van der Waals surface area contributed by atoms with Crippen molar-refractivity contribution in [3.8, 4) is 0 Å². The predicted molar refractivity (Wildman–Crippen MR) is 57.0 cm³/mol. The minimum Gasteiger partial charge on any atom is -0.393 e. The summed E-state index contributed by atoms with van der Waals surface area (Å²) in [4.78, 5) is 0. The van der Waals surface area contributed by atoms with Crippen LogP contribution >= 0.6 is 27.3 Å². The summed E-state index contributed by atoms with van der Waals surface area (Å²) in [7, 11) is 0. The van der Waals surface area contributed by atoms with E-state index in [2.05, 4.69) is 31.4 Å². The topological polar surface area (TPSA) is 58.0 Å². The summed E-state index contributed by atoms with van der Waals surface area (Å²) in [5.41, 5.74) is 0. The zero-order chi connectivity index (χ0) is 9.84. The van der Waals surface area contributed by atoms with E-state index in [1.807, 2.05) is 6.92 Å². The van der Waals surface area contributed by atoms with Crippen molar-refractivity contribution in [3.05, 3.63) is 3.92 Å². The third-order valence-corrected chi connectivity index (χ3v) is 2.75. The molecule has 0 aliphatic rings. The Morgan fingerprint density at radius 3 is 2.69 bits per heavy atom. The number of aliphatic hydroxyl groups is 1. The Kier molecular flexibility index (Phi) is 4.08. The third kappa shape index (κ3) is 4.02. The molecule has 4 nitrogen and oxygen atoms in total. The van der Waals surface area contributed by atoms with Crippen molar-refractivity contribution in [2.45, 2.75) is 32.4 Å². The van der Waals surface area contributed by atoms with Crippen LogP contribution in [-0.4, -0.2) is 27.4 Å². The number of hydrogen-bond acceptors (Lipinski definition) is 5. The van der Waals surface area contributed by atoms with Crippen molar-refractivity contribution >= 4 is 32.4 Å². The van der Waals surface area contributed by atoms with E-state index >= 15 is 0 Å². The molecule has 0 spiro atoms. The summed E-state index contributed by atoms with van der Waals surface area (Å²) in [5.74, 6) is 0. The van der Waals surface area contributed by atoms with Gasteiger partial charge in [0.25, 0.3) is 0 Å². The Morgan fingerprint density at radius 2 is 2.23 bits per heavy atom. The standard InChI is InChI=1S/C7H12BrN3OS/c1-4(3-5(2)12)9-7-11-10-6(8)13-7/h4-5,12H,3H2,1-2H3,(H,9,11). The second kappa shape index (κ2) is 4.88. The van der Waals surface area contributed by atoms with Gasteiger partial charge in [0, 0.05) is 6.04 Å². The van der Waals surface area contributed by atoms with Crippen LogP contribution in [0.4, 0.5) is 5.13 Å². The Bertz CT molecular complexity index is 266. The van der Waals surface area contributed by atoms with Gasteiger partial charge in [0.1, 0.15) is 0 Å². The van der Waals surface area contributed by atoms with E-state index in [0.717, 1.165) is 9.05 Å². The molecule has 0 saturated carbocycles. The molecule has 0 aliphatic carbocycles. The Labute approximate surface area is 89.5 Å². The number of aliphatic hydroxyl groups excluding tert-OH is 1. The van der Waals surface area contributed by atoms with Crippen molar-refractivity contribution in [2.75, 3.05) is 5.32 Å². The second-order valence-corrected chi connectivity index (χ2v) is 5.24. The van der Waals surface area contributed by atoms with Crippen LogP contribution in [0.5, 0.6) is 0 Å². The first-order valence-corrected chi connectivity index (χ1v) is 5.62. The lowest BCUT2D eigenvalue weighted by molar-refractivity contribution is 0.179. The van der Waals surface area contributed by atoms with Gasteiger partial charge in [0.05, 0.1) is 6.10 Å². The molecule has 0 aromatic carbocycles. The lowest BCUT2D eigenvalue weighted by Crippen LogP contribution is -2.20. The summed E-state index contributed by atoms with van der Waals surface area (Å²) in [6.07, 6.45) is 0.413. The zero-order valence-electron chi connectivity index (χ0n) is 7.49. The van der Waals surface area contributed by atoms with Gasteiger partial charge in [0.2, 0.25) is 5.13 Å². The number of hydrogen-bond donors (Lipinski definition) is 2. The lowest BCUT2D eigenvalue weighted by atomic mass is 10.2. The molecule has 1 heterocycles. The average molecular weight is 266 g/mol. The number of rotatable bonds is 4. The molecule has 2 unspecified atom stereocenters. The highest BCUT2D eigenvalue weighted by molar-refractivity contribution is 9.11. The van der Waals surface area contributed by atoms with Gasteiger partial charge >= 0.3 is 0 Å². The minimum absolute atomic E-state index is 0.208. The Morgan fingerprint density at radius 1 is 1.54 bits per heavy atom. The van der Waals surface area contributed by atoms with Crippen LogP contribution in [0.1, 0.15) is 20.3 Å². The van der Waals surface area contributed by atoms with Crippen molar-refractivity contribution in [1.82, 2.24) is 10.2 Å². The maximum Gasteiger partial charge on any atom is 0.206 e. The van der Waals surface area contributed by atoms with E-state index in [1.54, 1.807) is 6.92 Å². The molecule has 0 bridgehead atoms. The summed E-state index contributed by atoms with van der Waals surface area (Å²) in [6.45, 7) is 3.77. The van der Waals surface area contributed by atoms with Crippen molar-refractivity contribution < 1.29 is 5.11 Å². The van der Waals surface area contributed by atoms with Crippen LogP contribution in [0, 0.1) is 0 Å². The fraction of sp³-hybridized carbons (Fsp3) is 0.714. The average Bonchev–Trinajstić information content (AvgIpc) is 2.33. The molecule has 74 valence electrons. The molecule has 0 fully saturated rings. The normalized spacial score (nSPS) is 15.4. The highest BCUT2D eigenvalue weighted by Gasteiger charge is 2.08. The summed E-state index contributed by atoms with van der Waals surface area (Å²) < 4.78 is 0.763. The maximum absolute atomic E-state index is 9.12. The molecular weight excluding hydrogens is 254 g/mol. The van der Waals surface area contributed by atoms with Gasteiger partial charge in [-0.1, -0.05) is 11.3 Å². The first-order valence-electron chi connectivity index (χ1n) is 4.01. The van der Waals surface area contributed by atoms with Gasteiger partial charge in [-0.05, 0) is 36.2 Å². The molecule has 13 heavy (non-hydrogen) atoms. The number of aromatic nitrogens is 2. The lowest BCUT2D eigenvalue weighted by Gasteiger charge is -2.13. The van der Waals surface area contributed by atoms with Crippen molar-refractivity contribution in [1.29, 1.82) is 0 Å². The molecule has 0 amide bonds. The monoisotopic (exact) mass is 265 g/mol. The number of nitrogens with one attached hydrogen (secondary N) is 1. The number of halogens is 1. The van der Waals surface area contributed by atoms with Crippen LogP contribution in [0.3, 0.4) is 0 Å². The van der Waals surface area contributed by atoms with Crippen molar-refractivity contribution in [3.63, 3.8) is 0 Å². The van der Waals surface area contributed by atoms with E-state index in [9.17, 15) is 0 Å². The largest absolute Gasteiger partial charge is 0.393 e. The van der Waals surface area contributed by atoms with Crippen LogP contribution in [0.15, 0.2) is 3.92 Å². The fourth-order valence-electron chi connectivity index (χ4n) is 1.05. The molecule has 0 radical (unpaired) electrons. The zero-order valence-corrected chi connectivity index (χ0v) is 9.89. The summed E-state index contributed by atoms with van der Waals surface area (Å²) in [5, 5.41) is 20.8. The molecular formula is C7H12BrN3OS. The van der Waals surface area contributed by atoms with Gasteiger partial charge < -0.3 is 10.4 Å². The number of nitrogens with zero attached hydrogens (tertiary/aromatic N) is 2. The SMILES string of the molecule is CC(O)CC(C)Nc1nnc(Br)s1. The molecule has 0 aliphatic heterocycles. The predicted octanol–water partition coefficient (Wildman–Crippen LogP) is 1.87. The smallest absolute Gasteiger partial charge is 0.206 e. The summed E-state index contributed by atoms with van der Waals surface area (Å²) >= 11 is 4.67. The second-order valence-electron chi connectivity index (χ2n) is 2.99. The third-order valence-electron chi connectivity index (χ3n) is 1.46. The molecule has 1 aromatic rings. The van der Waals surface area contributed by atoms with E-state index in [-0.39, 0.29) is 12.1 Å². The van der Waals surface area contributed by atoms with E-state index in [4.69, 9.17) is 5.11 Å². The molecule has 2 atom stereocenters. The summed E-state index contributed by atoms with van der Waals surface area (Å²) in [6, 6.07) is 0.208. The minimum atomic E-state index is -0.293. The van der Waals surface area contributed by atoms with E-state index in [1.165, 1.54) is 11.3 Å². The number of anilines is 1. The van der Waals surface area contributed by atoms with Crippen LogP contribution < -0.4 is 5.32 Å². The molecule has 1 aromatic heterocycles. The molecule has 0 saturated heterocycles. The maximum atomic E-state index is 9.12. The van der Waals surface area contributed by atoms with Crippen LogP contribution in [0.2, 0.25) is 0 Å². The Balaban J connectivity index is 2.40. The first-order chi connectivity index (χ1) is 6.08. The van der Waals surface area contributed by atoms with Crippen LogP contribution in [0.25, 0.3) is 0 Å². The Hall–Kier alpha value is -0.200. The van der Waals surface area contributed by atoms with Crippen LogP contribution in [-0.2, 0) is 0 Å². The van der Waals surface area contributed by atoms with Crippen molar-refractivity contribution in [2.24, 2.45) is 0 Å².